The van der Waals surface area contributed by atoms with Crippen molar-refractivity contribution >= 4 is 27.8 Å². The molecule has 7 rings (SSSR count). The van der Waals surface area contributed by atoms with Crippen molar-refractivity contribution in [2.24, 2.45) is 0 Å². The minimum Gasteiger partial charge on any atom is -0.389 e. The number of anilines is 3. The van der Waals surface area contributed by atoms with Gasteiger partial charge in [0.05, 0.1) is 11.0 Å². The van der Waals surface area contributed by atoms with Gasteiger partial charge in [0.1, 0.15) is 28.8 Å². The second kappa shape index (κ2) is 11.1. The monoisotopic (exact) mass is 591 g/mol. The van der Waals surface area contributed by atoms with Gasteiger partial charge in [-0.2, -0.15) is 10.2 Å². The van der Waals surface area contributed by atoms with Gasteiger partial charge in [-0.15, -0.1) is 11.3 Å². The predicted octanol–water partition coefficient (Wildman–Crippen LogP) is 3.71. The number of nitrogens with one attached hydrogen (secondary N) is 1. The summed E-state index contributed by atoms with van der Waals surface area (Å²) in [6.07, 6.45) is 4.65. The van der Waals surface area contributed by atoms with Crippen LogP contribution in [0.1, 0.15) is 60.9 Å². The third kappa shape index (κ3) is 4.91. The van der Waals surface area contributed by atoms with E-state index in [0.717, 1.165) is 99.9 Å². The molecule has 3 aliphatic heterocycles. The predicted molar refractivity (Wildman–Crippen MR) is 162 cm³/mol. The number of halogens is 1. The lowest BCUT2D eigenvalue weighted by atomic mass is 9.72. The summed E-state index contributed by atoms with van der Waals surface area (Å²) in [7, 11) is 0. The number of piperazine rings is 1. The van der Waals surface area contributed by atoms with Gasteiger partial charge in [-0.25, -0.2) is 9.37 Å². The zero-order chi connectivity index (χ0) is 28.8. The average Bonchev–Trinajstić information content (AvgIpc) is 3.77. The summed E-state index contributed by atoms with van der Waals surface area (Å²) in [4.78, 5) is 18.2. The molecule has 4 aliphatic rings. The standard InChI is InChI=1S/C30H38FN9OS/c1-30(7-2-3-24-26(30)22(17-32)27(33)42-24)29-36-28(37-41-29)23-15-21(38-13-8-34-9-14-38)16-25(35-23)39-11-5-20(6-12-39)40-10-4-19(31)18-40/h15-16,19-20,34H,2-14,18,33H2,1H3. The summed E-state index contributed by atoms with van der Waals surface area (Å²) < 4.78 is 19.8. The number of nitrogens with zero attached hydrogens (tertiary/aromatic N) is 7. The molecule has 0 radical (unpaired) electrons. The Hall–Kier alpha value is -3.27. The van der Waals surface area contributed by atoms with Crippen molar-refractivity contribution in [3.63, 3.8) is 0 Å². The molecular formula is C30H38FN9OS. The SMILES string of the molecule is CC1(c2nc(-c3cc(N4CCNCC4)cc(N4CCC(N5CCC(F)C5)CC4)n3)no2)CCCc2sc(N)c(C#N)c21. The Kier molecular flexibility index (Phi) is 7.28. The fourth-order valence-corrected chi connectivity index (χ4v) is 8.47. The van der Waals surface area contributed by atoms with Crippen LogP contribution in [0.3, 0.4) is 0 Å². The number of fused-ring (bicyclic) bond motifs is 1. The lowest BCUT2D eigenvalue weighted by molar-refractivity contribution is 0.192. The van der Waals surface area contributed by atoms with E-state index in [9.17, 15) is 9.65 Å². The molecule has 3 aromatic rings. The first-order valence-corrected chi connectivity index (χ1v) is 16.0. The molecule has 0 amide bonds. The molecule has 0 aromatic carbocycles. The van der Waals surface area contributed by atoms with Crippen molar-refractivity contribution < 1.29 is 8.91 Å². The molecule has 10 nitrogen and oxygen atoms in total. The molecule has 2 unspecified atom stereocenters. The maximum atomic E-state index is 13.8. The van der Waals surface area contributed by atoms with Gasteiger partial charge >= 0.3 is 0 Å². The molecule has 0 spiro atoms. The minimum atomic E-state index is -0.686. The van der Waals surface area contributed by atoms with Crippen molar-refractivity contribution in [2.45, 2.75) is 63.1 Å². The Balaban J connectivity index is 1.20. The summed E-state index contributed by atoms with van der Waals surface area (Å²) in [5, 5.41) is 18.3. The molecule has 42 heavy (non-hydrogen) atoms. The van der Waals surface area contributed by atoms with Crippen LogP contribution in [0.15, 0.2) is 16.7 Å². The Morgan fingerprint density at radius 3 is 2.67 bits per heavy atom. The van der Waals surface area contributed by atoms with Gasteiger partial charge in [0, 0.05) is 80.6 Å². The highest BCUT2D eigenvalue weighted by molar-refractivity contribution is 7.16. The molecular weight excluding hydrogens is 553 g/mol. The van der Waals surface area contributed by atoms with E-state index in [1.807, 2.05) is 0 Å². The lowest BCUT2D eigenvalue weighted by Crippen LogP contribution is -2.45. The first-order chi connectivity index (χ1) is 20.4. The number of nitrogen functional groups attached to an aromatic ring is 1. The summed E-state index contributed by atoms with van der Waals surface area (Å²) >= 11 is 1.50. The first kappa shape index (κ1) is 27.6. The van der Waals surface area contributed by atoms with Gasteiger partial charge in [0.2, 0.25) is 11.7 Å². The molecule has 1 aliphatic carbocycles. The van der Waals surface area contributed by atoms with Crippen LogP contribution in [0, 0.1) is 11.3 Å². The number of rotatable bonds is 5. The van der Waals surface area contributed by atoms with E-state index in [0.29, 0.717) is 47.0 Å². The fourth-order valence-electron chi connectivity index (χ4n) is 7.28. The van der Waals surface area contributed by atoms with Gasteiger partial charge in [0.25, 0.3) is 0 Å². The van der Waals surface area contributed by atoms with Gasteiger partial charge in [-0.05, 0) is 51.5 Å². The second-order valence-electron chi connectivity index (χ2n) is 12.3. The molecule has 12 heteroatoms. The molecule has 6 heterocycles. The third-order valence-electron chi connectivity index (χ3n) is 9.63. The van der Waals surface area contributed by atoms with Crippen molar-refractivity contribution in [3.8, 4) is 17.6 Å². The van der Waals surface area contributed by atoms with Crippen LogP contribution in [0.4, 0.5) is 20.9 Å². The summed E-state index contributed by atoms with van der Waals surface area (Å²) in [6.45, 7) is 8.97. The van der Waals surface area contributed by atoms with Crippen LogP contribution in [-0.2, 0) is 11.8 Å². The molecule has 2 atom stereocenters. The average molecular weight is 592 g/mol. The van der Waals surface area contributed by atoms with Crippen LogP contribution >= 0.6 is 11.3 Å². The van der Waals surface area contributed by atoms with E-state index in [1.165, 1.54) is 11.3 Å². The van der Waals surface area contributed by atoms with Crippen LogP contribution < -0.4 is 20.9 Å². The fraction of sp³-hybridized carbons (Fsp3) is 0.600. The van der Waals surface area contributed by atoms with Crippen LogP contribution in [0.5, 0.6) is 0 Å². The van der Waals surface area contributed by atoms with E-state index < -0.39 is 11.6 Å². The Bertz CT molecular complexity index is 1490. The highest BCUT2D eigenvalue weighted by Gasteiger charge is 2.43. The normalized spacial score (nSPS) is 25.5. The molecule has 3 fully saturated rings. The number of hydrogen-bond acceptors (Lipinski definition) is 11. The van der Waals surface area contributed by atoms with Crippen molar-refractivity contribution in [1.82, 2.24) is 25.3 Å². The third-order valence-corrected chi connectivity index (χ3v) is 10.7. The van der Waals surface area contributed by atoms with E-state index in [2.05, 4.69) is 50.3 Å². The quantitative estimate of drug-likeness (QED) is 0.454. The number of aryl methyl sites for hydroxylation is 1. The minimum absolute atomic E-state index is 0.433. The smallest absolute Gasteiger partial charge is 0.237 e. The first-order valence-electron chi connectivity index (χ1n) is 15.2. The van der Waals surface area contributed by atoms with Gasteiger partial charge in [-0.3, -0.25) is 4.90 Å². The number of aromatic nitrogens is 3. The zero-order valence-electron chi connectivity index (χ0n) is 24.1. The number of nitriles is 1. The number of hydrogen-bond donors (Lipinski definition) is 2. The van der Waals surface area contributed by atoms with Gasteiger partial charge in [0.15, 0.2) is 0 Å². The number of thiophene rings is 1. The summed E-state index contributed by atoms with van der Waals surface area (Å²) in [6, 6.07) is 7.01. The molecule has 222 valence electrons. The number of alkyl halides is 1. The Labute approximate surface area is 249 Å². The number of pyridine rings is 1. The number of likely N-dealkylation sites (tertiary alicyclic amines) is 1. The van der Waals surface area contributed by atoms with Gasteiger partial charge < -0.3 is 25.4 Å². The van der Waals surface area contributed by atoms with E-state index >= 15 is 0 Å². The maximum Gasteiger partial charge on any atom is 0.237 e. The van der Waals surface area contributed by atoms with Crippen LogP contribution in [-0.4, -0.2) is 84.6 Å². The van der Waals surface area contributed by atoms with Crippen LogP contribution in [0.25, 0.3) is 11.5 Å². The van der Waals surface area contributed by atoms with Crippen molar-refractivity contribution in [2.75, 3.05) is 67.9 Å². The van der Waals surface area contributed by atoms with E-state index in [-0.39, 0.29) is 0 Å². The molecule has 3 N–H and O–H groups in total. The highest BCUT2D eigenvalue weighted by atomic mass is 32.1. The van der Waals surface area contributed by atoms with Crippen LogP contribution in [0.2, 0.25) is 0 Å². The number of piperidine rings is 1. The topological polar surface area (TPSA) is 123 Å². The summed E-state index contributed by atoms with van der Waals surface area (Å²) in [5.41, 5.74) is 8.93. The molecule has 0 saturated carbocycles. The number of nitrogens with two attached hydrogens (primary N) is 1. The second-order valence-corrected chi connectivity index (χ2v) is 13.4. The lowest BCUT2D eigenvalue weighted by Gasteiger charge is -2.38. The molecule has 3 saturated heterocycles. The zero-order valence-corrected chi connectivity index (χ0v) is 24.9. The summed E-state index contributed by atoms with van der Waals surface area (Å²) in [5.74, 6) is 1.87. The Morgan fingerprint density at radius 2 is 1.93 bits per heavy atom. The Morgan fingerprint density at radius 1 is 1.12 bits per heavy atom. The van der Waals surface area contributed by atoms with Gasteiger partial charge in [-0.1, -0.05) is 5.16 Å². The molecule has 3 aromatic heterocycles. The largest absolute Gasteiger partial charge is 0.389 e. The van der Waals surface area contributed by atoms with E-state index in [1.54, 1.807) is 0 Å². The van der Waals surface area contributed by atoms with Crippen molar-refractivity contribution in [1.29, 1.82) is 5.26 Å². The van der Waals surface area contributed by atoms with Crippen molar-refractivity contribution in [3.05, 3.63) is 34.0 Å². The molecule has 0 bridgehead atoms. The maximum absolute atomic E-state index is 13.8. The van der Waals surface area contributed by atoms with E-state index in [4.69, 9.17) is 20.2 Å². The highest BCUT2D eigenvalue weighted by Crippen LogP contribution is 2.48.